The summed E-state index contributed by atoms with van der Waals surface area (Å²) in [5.74, 6) is -1.31. The maximum atomic E-state index is 11.6. The summed E-state index contributed by atoms with van der Waals surface area (Å²) < 4.78 is 4.86. The van der Waals surface area contributed by atoms with Crippen LogP contribution >= 0.6 is 0 Å². The molecule has 0 aromatic rings. The number of morpholine rings is 1. The highest BCUT2D eigenvalue weighted by atomic mass is 16.5. The van der Waals surface area contributed by atoms with E-state index >= 15 is 0 Å². The van der Waals surface area contributed by atoms with Crippen LogP contribution < -0.4 is 0 Å². The van der Waals surface area contributed by atoms with Gasteiger partial charge in [-0.15, -0.1) is 0 Å². The molecule has 1 rings (SSSR count). The van der Waals surface area contributed by atoms with E-state index in [1.54, 1.807) is 0 Å². The summed E-state index contributed by atoms with van der Waals surface area (Å²) in [7, 11) is 0. The number of ether oxygens (including phenoxy) is 1. The monoisotopic (exact) mass is 285 g/mol. The van der Waals surface area contributed by atoms with Gasteiger partial charge < -0.3 is 9.84 Å². The molecular formula is C14H23NO5. The third kappa shape index (κ3) is 4.92. The third-order valence-corrected chi connectivity index (χ3v) is 3.69. The zero-order chi connectivity index (χ0) is 15.3. The number of imide groups is 1. The Morgan fingerprint density at radius 2 is 1.80 bits per heavy atom. The Labute approximate surface area is 119 Å². The molecule has 0 aliphatic carbocycles. The van der Waals surface area contributed by atoms with Crippen LogP contribution in [-0.2, 0) is 19.1 Å². The SMILES string of the molecule is CC(C)(C)C(CCC(=O)O)CCN1C(=O)COCC1=O. The van der Waals surface area contributed by atoms with Gasteiger partial charge in [-0.3, -0.25) is 19.3 Å². The zero-order valence-electron chi connectivity index (χ0n) is 12.3. The average molecular weight is 285 g/mol. The van der Waals surface area contributed by atoms with Crippen LogP contribution in [0.4, 0.5) is 0 Å². The standard InChI is InChI=1S/C14H23NO5/c1-14(2,3)10(4-5-13(18)19)6-7-15-11(16)8-20-9-12(15)17/h10H,4-9H2,1-3H3,(H,18,19). The van der Waals surface area contributed by atoms with Gasteiger partial charge in [0.15, 0.2) is 0 Å². The lowest BCUT2D eigenvalue weighted by molar-refractivity contribution is -0.159. The molecule has 6 heteroatoms. The fraction of sp³-hybridized carbons (Fsp3) is 0.786. The van der Waals surface area contributed by atoms with Gasteiger partial charge in [0.1, 0.15) is 13.2 Å². The third-order valence-electron chi connectivity index (χ3n) is 3.69. The Morgan fingerprint density at radius 3 is 2.25 bits per heavy atom. The first-order chi connectivity index (χ1) is 9.21. The van der Waals surface area contributed by atoms with E-state index in [0.29, 0.717) is 19.4 Å². The first kappa shape index (κ1) is 16.6. The Hall–Kier alpha value is -1.43. The molecule has 0 aromatic carbocycles. The molecule has 1 unspecified atom stereocenters. The molecule has 1 saturated heterocycles. The summed E-state index contributed by atoms with van der Waals surface area (Å²) in [6, 6.07) is 0. The van der Waals surface area contributed by atoms with Gasteiger partial charge in [0, 0.05) is 13.0 Å². The lowest BCUT2D eigenvalue weighted by Gasteiger charge is -2.33. The van der Waals surface area contributed by atoms with Crippen LogP contribution in [0.2, 0.25) is 0 Å². The summed E-state index contributed by atoms with van der Waals surface area (Å²) in [6.07, 6.45) is 1.27. The fourth-order valence-electron chi connectivity index (χ4n) is 2.36. The van der Waals surface area contributed by atoms with E-state index in [1.807, 2.05) is 20.8 Å². The van der Waals surface area contributed by atoms with Crippen LogP contribution in [0.15, 0.2) is 0 Å². The van der Waals surface area contributed by atoms with Crippen LogP contribution in [0.25, 0.3) is 0 Å². The molecule has 1 N–H and O–H groups in total. The number of rotatable bonds is 6. The highest BCUT2D eigenvalue weighted by molar-refractivity contribution is 5.98. The van der Waals surface area contributed by atoms with Crippen molar-refractivity contribution < 1.29 is 24.2 Å². The molecule has 20 heavy (non-hydrogen) atoms. The topological polar surface area (TPSA) is 83.9 Å². The highest BCUT2D eigenvalue weighted by Gasteiger charge is 2.30. The Kier molecular flexibility index (Phi) is 5.68. The zero-order valence-corrected chi connectivity index (χ0v) is 12.3. The van der Waals surface area contributed by atoms with E-state index in [-0.39, 0.29) is 42.8 Å². The van der Waals surface area contributed by atoms with Crippen molar-refractivity contribution in [2.24, 2.45) is 11.3 Å². The molecule has 0 bridgehead atoms. The molecule has 114 valence electrons. The second-order valence-corrected chi connectivity index (χ2v) is 6.22. The summed E-state index contributed by atoms with van der Waals surface area (Å²) in [5.41, 5.74) is -0.0617. The molecule has 1 fully saturated rings. The van der Waals surface area contributed by atoms with Gasteiger partial charge in [-0.25, -0.2) is 0 Å². The van der Waals surface area contributed by atoms with Crippen molar-refractivity contribution in [1.82, 2.24) is 4.90 Å². The van der Waals surface area contributed by atoms with Gasteiger partial charge in [0.25, 0.3) is 11.8 Å². The number of carboxylic acid groups (broad SMARTS) is 1. The summed E-state index contributed by atoms with van der Waals surface area (Å²) >= 11 is 0. The van der Waals surface area contributed by atoms with Gasteiger partial charge in [0.2, 0.25) is 0 Å². The maximum Gasteiger partial charge on any atom is 0.303 e. The van der Waals surface area contributed by atoms with E-state index in [0.717, 1.165) is 0 Å². The first-order valence-corrected chi connectivity index (χ1v) is 6.84. The molecule has 1 aliphatic heterocycles. The van der Waals surface area contributed by atoms with Gasteiger partial charge in [-0.2, -0.15) is 0 Å². The Bertz CT molecular complexity index is 370. The number of aliphatic carboxylic acids is 1. The number of nitrogens with zero attached hydrogens (tertiary/aromatic N) is 1. The lowest BCUT2D eigenvalue weighted by atomic mass is 9.76. The molecule has 1 atom stereocenters. The normalized spacial score (nSPS) is 18.2. The predicted molar refractivity (Wildman–Crippen MR) is 72.0 cm³/mol. The van der Waals surface area contributed by atoms with E-state index in [1.165, 1.54) is 4.90 Å². The van der Waals surface area contributed by atoms with Gasteiger partial charge >= 0.3 is 5.97 Å². The second kappa shape index (κ2) is 6.83. The van der Waals surface area contributed by atoms with Crippen LogP contribution in [0.1, 0.15) is 40.0 Å². The van der Waals surface area contributed by atoms with Crippen molar-refractivity contribution in [2.45, 2.75) is 40.0 Å². The lowest BCUT2D eigenvalue weighted by Crippen LogP contribution is -2.47. The molecule has 1 heterocycles. The smallest absolute Gasteiger partial charge is 0.303 e. The number of hydrogen-bond donors (Lipinski definition) is 1. The van der Waals surface area contributed by atoms with Gasteiger partial charge in [-0.1, -0.05) is 20.8 Å². The molecule has 0 saturated carbocycles. The summed E-state index contributed by atoms with van der Waals surface area (Å²) in [5, 5.41) is 8.79. The minimum Gasteiger partial charge on any atom is -0.481 e. The van der Waals surface area contributed by atoms with Crippen molar-refractivity contribution in [3.63, 3.8) is 0 Å². The van der Waals surface area contributed by atoms with Crippen molar-refractivity contribution >= 4 is 17.8 Å². The predicted octanol–water partition coefficient (Wildman–Crippen LogP) is 1.29. The molecular weight excluding hydrogens is 262 g/mol. The maximum absolute atomic E-state index is 11.6. The van der Waals surface area contributed by atoms with Crippen molar-refractivity contribution in [1.29, 1.82) is 0 Å². The number of carbonyl (C=O) groups excluding carboxylic acids is 2. The van der Waals surface area contributed by atoms with E-state index in [2.05, 4.69) is 0 Å². The minimum absolute atomic E-state index is 0.0545. The summed E-state index contributed by atoms with van der Waals surface area (Å²) in [6.45, 7) is 6.36. The summed E-state index contributed by atoms with van der Waals surface area (Å²) in [4.78, 5) is 35.2. The molecule has 0 radical (unpaired) electrons. The molecule has 0 spiro atoms. The van der Waals surface area contributed by atoms with Crippen LogP contribution in [0, 0.1) is 11.3 Å². The van der Waals surface area contributed by atoms with E-state index < -0.39 is 5.97 Å². The van der Waals surface area contributed by atoms with E-state index in [9.17, 15) is 14.4 Å². The largest absolute Gasteiger partial charge is 0.481 e. The fourth-order valence-corrected chi connectivity index (χ4v) is 2.36. The minimum atomic E-state index is -0.822. The molecule has 6 nitrogen and oxygen atoms in total. The molecule has 2 amide bonds. The van der Waals surface area contributed by atoms with Crippen LogP contribution in [-0.4, -0.2) is 47.5 Å². The quantitative estimate of drug-likeness (QED) is 0.743. The van der Waals surface area contributed by atoms with Crippen LogP contribution in [0.5, 0.6) is 0 Å². The first-order valence-electron chi connectivity index (χ1n) is 6.84. The number of hydrogen-bond acceptors (Lipinski definition) is 4. The van der Waals surface area contributed by atoms with Crippen LogP contribution in [0.3, 0.4) is 0 Å². The van der Waals surface area contributed by atoms with Crippen molar-refractivity contribution in [3.05, 3.63) is 0 Å². The second-order valence-electron chi connectivity index (χ2n) is 6.22. The van der Waals surface area contributed by atoms with Crippen molar-refractivity contribution in [3.8, 4) is 0 Å². The molecule has 0 aromatic heterocycles. The Balaban J connectivity index is 2.59. The Morgan fingerprint density at radius 1 is 1.25 bits per heavy atom. The van der Waals surface area contributed by atoms with Crippen molar-refractivity contribution in [2.75, 3.05) is 19.8 Å². The molecule has 1 aliphatic rings. The number of carbonyl (C=O) groups is 3. The van der Waals surface area contributed by atoms with Gasteiger partial charge in [-0.05, 0) is 24.2 Å². The van der Waals surface area contributed by atoms with E-state index in [4.69, 9.17) is 9.84 Å². The average Bonchev–Trinajstić information content (AvgIpc) is 2.30. The number of carboxylic acids is 1. The highest BCUT2D eigenvalue weighted by Crippen LogP contribution is 2.32. The number of amides is 2. The van der Waals surface area contributed by atoms with Gasteiger partial charge in [0.05, 0.1) is 0 Å².